The number of carbonyl (C=O) groups excluding carboxylic acids is 1. The van der Waals surface area contributed by atoms with Crippen LogP contribution in [0.1, 0.15) is 12.5 Å². The molecule has 0 radical (unpaired) electrons. The number of anilines is 1. The average Bonchev–Trinajstić information content (AvgIpc) is 2.70. The fraction of sp³-hybridized carbons (Fsp3) is 0.333. The summed E-state index contributed by atoms with van der Waals surface area (Å²) in [6.07, 6.45) is 0.760. The molecular weight excluding hydrogens is 392 g/mol. The average molecular weight is 419 g/mol. The molecule has 0 bridgehead atoms. The number of amides is 1. The summed E-state index contributed by atoms with van der Waals surface area (Å²) in [6.45, 7) is 3.19. The second-order valence-corrected chi connectivity index (χ2v) is 6.60. The highest BCUT2D eigenvalue weighted by Crippen LogP contribution is 2.22. The van der Waals surface area contributed by atoms with Crippen LogP contribution < -0.4 is 25.4 Å². The van der Waals surface area contributed by atoms with Crippen LogP contribution in [0.25, 0.3) is 0 Å². The predicted octanol–water partition coefficient (Wildman–Crippen LogP) is 3.09. The van der Waals surface area contributed by atoms with Crippen molar-refractivity contribution in [3.8, 4) is 11.5 Å². The van der Waals surface area contributed by atoms with E-state index in [4.69, 9.17) is 21.1 Å². The molecule has 0 aromatic heterocycles. The Morgan fingerprint density at radius 1 is 1.10 bits per heavy atom. The highest BCUT2D eigenvalue weighted by molar-refractivity contribution is 6.31. The van der Waals surface area contributed by atoms with Crippen LogP contribution >= 0.6 is 11.6 Å². The number of hydrogen-bond donors (Lipinski definition) is 3. The van der Waals surface area contributed by atoms with Gasteiger partial charge in [0.15, 0.2) is 5.96 Å². The van der Waals surface area contributed by atoms with Crippen LogP contribution in [0.2, 0.25) is 5.02 Å². The van der Waals surface area contributed by atoms with E-state index in [1.807, 2.05) is 36.4 Å². The molecule has 0 fully saturated rings. The molecule has 2 aromatic carbocycles. The standard InChI is InChI=1S/C21H27ClN4O3/c1-15(27)26-17-5-4-6-19(13-17)29-12-11-25-21(23-2)24-10-9-16-7-8-18(28-3)14-20(16)22/h4-8,13-14H,9-12H2,1-3H3,(H,26,27)(H2,23,24,25). The molecule has 0 aliphatic rings. The zero-order valence-corrected chi connectivity index (χ0v) is 17.7. The summed E-state index contributed by atoms with van der Waals surface area (Å²) in [4.78, 5) is 15.3. The first-order valence-electron chi connectivity index (χ1n) is 9.29. The molecule has 8 heteroatoms. The van der Waals surface area contributed by atoms with Crippen molar-refractivity contribution in [2.45, 2.75) is 13.3 Å². The van der Waals surface area contributed by atoms with Crippen LogP contribution in [-0.4, -0.2) is 45.7 Å². The van der Waals surface area contributed by atoms with Gasteiger partial charge in [-0.2, -0.15) is 0 Å². The van der Waals surface area contributed by atoms with Crippen molar-refractivity contribution in [1.29, 1.82) is 0 Å². The zero-order valence-electron chi connectivity index (χ0n) is 16.9. The minimum atomic E-state index is -0.116. The maximum atomic E-state index is 11.1. The number of benzene rings is 2. The molecule has 2 rings (SSSR count). The first-order chi connectivity index (χ1) is 14.0. The van der Waals surface area contributed by atoms with Gasteiger partial charge in [-0.15, -0.1) is 0 Å². The van der Waals surface area contributed by atoms with Gasteiger partial charge >= 0.3 is 0 Å². The van der Waals surface area contributed by atoms with Gasteiger partial charge in [0, 0.05) is 37.3 Å². The van der Waals surface area contributed by atoms with Crippen molar-refractivity contribution in [2.24, 2.45) is 4.99 Å². The third kappa shape index (κ3) is 7.91. The van der Waals surface area contributed by atoms with Crippen LogP contribution in [0, 0.1) is 0 Å². The molecule has 0 atom stereocenters. The number of rotatable bonds is 9. The number of halogens is 1. The lowest BCUT2D eigenvalue weighted by molar-refractivity contribution is -0.114. The summed E-state index contributed by atoms with van der Waals surface area (Å²) >= 11 is 6.26. The lowest BCUT2D eigenvalue weighted by Gasteiger charge is -2.13. The highest BCUT2D eigenvalue weighted by atomic mass is 35.5. The predicted molar refractivity (Wildman–Crippen MR) is 117 cm³/mol. The molecule has 156 valence electrons. The van der Waals surface area contributed by atoms with Crippen LogP contribution in [0.15, 0.2) is 47.5 Å². The van der Waals surface area contributed by atoms with Gasteiger partial charge in [-0.05, 0) is 36.2 Å². The number of nitrogens with zero attached hydrogens (tertiary/aromatic N) is 1. The Balaban J connectivity index is 1.71. The van der Waals surface area contributed by atoms with Crippen molar-refractivity contribution in [1.82, 2.24) is 10.6 Å². The van der Waals surface area contributed by atoms with Crippen LogP contribution in [0.3, 0.4) is 0 Å². The fourth-order valence-corrected chi connectivity index (χ4v) is 2.86. The lowest BCUT2D eigenvalue weighted by atomic mass is 10.1. The molecule has 0 spiro atoms. The van der Waals surface area contributed by atoms with Gasteiger partial charge in [0.05, 0.1) is 13.7 Å². The minimum Gasteiger partial charge on any atom is -0.497 e. The molecule has 7 nitrogen and oxygen atoms in total. The van der Waals surface area contributed by atoms with Crippen molar-refractivity contribution in [2.75, 3.05) is 39.2 Å². The number of ether oxygens (including phenoxy) is 2. The maximum absolute atomic E-state index is 11.1. The van der Waals surface area contributed by atoms with E-state index >= 15 is 0 Å². The molecule has 0 saturated heterocycles. The summed E-state index contributed by atoms with van der Waals surface area (Å²) in [6, 6.07) is 12.9. The summed E-state index contributed by atoms with van der Waals surface area (Å²) in [5.74, 6) is 2.00. The van der Waals surface area contributed by atoms with E-state index < -0.39 is 0 Å². The zero-order chi connectivity index (χ0) is 21.1. The molecule has 3 N–H and O–H groups in total. The van der Waals surface area contributed by atoms with Crippen LogP contribution in [-0.2, 0) is 11.2 Å². The Kier molecular flexibility index (Phi) is 9.11. The van der Waals surface area contributed by atoms with Crippen LogP contribution in [0.5, 0.6) is 11.5 Å². The minimum absolute atomic E-state index is 0.116. The largest absolute Gasteiger partial charge is 0.497 e. The smallest absolute Gasteiger partial charge is 0.221 e. The van der Waals surface area contributed by atoms with E-state index in [2.05, 4.69) is 20.9 Å². The van der Waals surface area contributed by atoms with Gasteiger partial charge in [-0.3, -0.25) is 9.79 Å². The topological polar surface area (TPSA) is 84.0 Å². The number of carbonyl (C=O) groups is 1. The number of guanidine groups is 1. The molecular formula is C21H27ClN4O3. The first-order valence-corrected chi connectivity index (χ1v) is 9.67. The monoisotopic (exact) mass is 418 g/mol. The molecule has 2 aromatic rings. The van der Waals surface area contributed by atoms with E-state index in [-0.39, 0.29) is 5.91 Å². The normalized spacial score (nSPS) is 11.0. The molecule has 0 unspecified atom stereocenters. The SMILES string of the molecule is CN=C(NCCOc1cccc(NC(C)=O)c1)NCCc1ccc(OC)cc1Cl. The summed E-state index contributed by atoms with van der Waals surface area (Å²) in [7, 11) is 3.33. The number of methoxy groups -OCH3 is 1. The number of nitrogens with one attached hydrogen (secondary N) is 3. The van der Waals surface area contributed by atoms with Crippen LogP contribution in [0.4, 0.5) is 5.69 Å². The fourth-order valence-electron chi connectivity index (χ4n) is 2.60. The molecule has 29 heavy (non-hydrogen) atoms. The summed E-state index contributed by atoms with van der Waals surface area (Å²) in [5, 5.41) is 9.86. The van der Waals surface area contributed by atoms with E-state index in [1.54, 1.807) is 20.2 Å². The Labute approximate surface area is 176 Å². The van der Waals surface area contributed by atoms with E-state index in [0.29, 0.717) is 42.1 Å². The highest BCUT2D eigenvalue weighted by Gasteiger charge is 2.04. The molecule has 0 heterocycles. The molecule has 0 aliphatic heterocycles. The summed E-state index contributed by atoms with van der Waals surface area (Å²) in [5.41, 5.74) is 1.75. The van der Waals surface area contributed by atoms with Gasteiger partial charge in [-0.1, -0.05) is 23.7 Å². The lowest BCUT2D eigenvalue weighted by Crippen LogP contribution is -2.40. The van der Waals surface area contributed by atoms with Gasteiger partial charge in [-0.25, -0.2) is 0 Å². The number of aliphatic imine (C=N–C) groups is 1. The van der Waals surface area contributed by atoms with Gasteiger partial charge in [0.1, 0.15) is 18.1 Å². The van der Waals surface area contributed by atoms with Crippen molar-refractivity contribution >= 4 is 29.2 Å². The van der Waals surface area contributed by atoms with E-state index in [1.165, 1.54) is 6.92 Å². The van der Waals surface area contributed by atoms with Gasteiger partial charge in [0.2, 0.25) is 5.91 Å². The summed E-state index contributed by atoms with van der Waals surface area (Å²) < 4.78 is 10.9. The Morgan fingerprint density at radius 2 is 1.90 bits per heavy atom. The van der Waals surface area contributed by atoms with Crippen molar-refractivity contribution in [3.63, 3.8) is 0 Å². The molecule has 0 saturated carbocycles. The Morgan fingerprint density at radius 3 is 2.59 bits per heavy atom. The molecule has 1 amide bonds. The third-order valence-electron chi connectivity index (χ3n) is 3.99. The Bertz CT molecular complexity index is 842. The third-order valence-corrected chi connectivity index (χ3v) is 4.34. The van der Waals surface area contributed by atoms with Crippen molar-refractivity contribution in [3.05, 3.63) is 53.1 Å². The number of hydrogen-bond acceptors (Lipinski definition) is 4. The van der Waals surface area contributed by atoms with E-state index in [9.17, 15) is 4.79 Å². The maximum Gasteiger partial charge on any atom is 0.221 e. The van der Waals surface area contributed by atoms with E-state index in [0.717, 1.165) is 17.7 Å². The quantitative estimate of drug-likeness (QED) is 0.331. The van der Waals surface area contributed by atoms with Gasteiger partial charge in [0.25, 0.3) is 0 Å². The first kappa shape index (κ1) is 22.4. The molecule has 0 aliphatic carbocycles. The van der Waals surface area contributed by atoms with Crippen molar-refractivity contribution < 1.29 is 14.3 Å². The van der Waals surface area contributed by atoms with Gasteiger partial charge < -0.3 is 25.4 Å². The Hall–Kier alpha value is -2.93. The second kappa shape index (κ2) is 11.8. The second-order valence-electron chi connectivity index (χ2n) is 6.19.